The van der Waals surface area contributed by atoms with Gasteiger partial charge in [-0.1, -0.05) is 36.8 Å². The van der Waals surface area contributed by atoms with Gasteiger partial charge < -0.3 is 20.5 Å². The summed E-state index contributed by atoms with van der Waals surface area (Å²) in [6, 6.07) is 15.9. The van der Waals surface area contributed by atoms with Gasteiger partial charge in [-0.25, -0.2) is 0 Å². The molecule has 2 aromatic rings. The average molecular weight is 439 g/mol. The smallest absolute Gasteiger partial charge is 0.303 e. The quantitative estimate of drug-likeness (QED) is 0.343. The lowest BCUT2D eigenvalue weighted by Gasteiger charge is -2.12. The van der Waals surface area contributed by atoms with Gasteiger partial charge in [-0.2, -0.15) is 0 Å². The third kappa shape index (κ3) is 9.04. The van der Waals surface area contributed by atoms with E-state index in [0.29, 0.717) is 31.4 Å². The summed E-state index contributed by atoms with van der Waals surface area (Å²) in [5.41, 5.74) is 1.31. The molecule has 0 radical (unpaired) electrons. The second-order valence-electron chi connectivity index (χ2n) is 7.57. The van der Waals surface area contributed by atoms with Crippen molar-refractivity contribution >= 4 is 23.9 Å². The van der Waals surface area contributed by atoms with Crippen LogP contribution in [0.25, 0.3) is 6.08 Å². The molecule has 0 aliphatic carbocycles. The highest BCUT2D eigenvalue weighted by Crippen LogP contribution is 2.16. The van der Waals surface area contributed by atoms with Crippen molar-refractivity contribution in [3.05, 3.63) is 71.4 Å². The van der Waals surface area contributed by atoms with Gasteiger partial charge in [-0.3, -0.25) is 14.4 Å². The van der Waals surface area contributed by atoms with E-state index in [0.717, 1.165) is 11.3 Å². The number of carboxylic acid groups (broad SMARTS) is 1. The molecule has 0 saturated carbocycles. The molecule has 32 heavy (non-hydrogen) atoms. The maximum Gasteiger partial charge on any atom is 0.303 e. The highest BCUT2D eigenvalue weighted by Gasteiger charge is 2.14. The van der Waals surface area contributed by atoms with Crippen LogP contribution in [0.3, 0.4) is 0 Å². The van der Waals surface area contributed by atoms with Crippen molar-refractivity contribution in [1.29, 1.82) is 0 Å². The monoisotopic (exact) mass is 438 g/mol. The van der Waals surface area contributed by atoms with Crippen LogP contribution in [0.4, 0.5) is 0 Å². The van der Waals surface area contributed by atoms with E-state index in [1.807, 2.05) is 44.2 Å². The molecule has 0 aromatic heterocycles. The normalized spacial score (nSPS) is 11.2. The first kappa shape index (κ1) is 24.7. The van der Waals surface area contributed by atoms with Gasteiger partial charge in [0.05, 0.1) is 6.10 Å². The van der Waals surface area contributed by atoms with Gasteiger partial charge >= 0.3 is 5.97 Å². The van der Waals surface area contributed by atoms with Gasteiger partial charge in [0.2, 0.25) is 0 Å². The number of benzene rings is 2. The molecular weight excluding hydrogens is 408 g/mol. The van der Waals surface area contributed by atoms with Crippen molar-refractivity contribution in [2.45, 2.75) is 45.6 Å². The van der Waals surface area contributed by atoms with Crippen LogP contribution in [-0.2, 0) is 9.59 Å². The molecule has 0 saturated heterocycles. The molecule has 0 heterocycles. The topological polar surface area (TPSA) is 105 Å². The van der Waals surface area contributed by atoms with Crippen molar-refractivity contribution in [1.82, 2.24) is 10.6 Å². The SMILES string of the molecule is CC(C)Oc1ccc(/C=C(/NC(=O)c2ccccc2)C(=O)NCCCCCC(=O)O)cc1. The Morgan fingerprint density at radius 2 is 1.66 bits per heavy atom. The molecular formula is C25H30N2O5. The van der Waals surface area contributed by atoms with E-state index in [2.05, 4.69) is 10.6 Å². The lowest BCUT2D eigenvalue weighted by molar-refractivity contribution is -0.137. The lowest BCUT2D eigenvalue weighted by Crippen LogP contribution is -2.35. The highest BCUT2D eigenvalue weighted by atomic mass is 16.5. The minimum Gasteiger partial charge on any atom is -0.491 e. The van der Waals surface area contributed by atoms with Gasteiger partial charge in [0.25, 0.3) is 11.8 Å². The van der Waals surface area contributed by atoms with Gasteiger partial charge in [-0.05, 0) is 62.6 Å². The number of hydrogen-bond acceptors (Lipinski definition) is 4. The molecule has 0 atom stereocenters. The third-order valence-electron chi connectivity index (χ3n) is 4.44. The van der Waals surface area contributed by atoms with Crippen molar-refractivity contribution in [3.8, 4) is 5.75 Å². The molecule has 7 nitrogen and oxygen atoms in total. The number of carbonyl (C=O) groups excluding carboxylic acids is 2. The Morgan fingerprint density at radius 1 is 0.969 bits per heavy atom. The first-order chi connectivity index (χ1) is 15.3. The fourth-order valence-electron chi connectivity index (χ4n) is 2.90. The average Bonchev–Trinajstić information content (AvgIpc) is 2.76. The maximum atomic E-state index is 12.8. The molecule has 2 rings (SSSR count). The minimum absolute atomic E-state index is 0.0541. The van der Waals surface area contributed by atoms with Crippen molar-refractivity contribution in [3.63, 3.8) is 0 Å². The number of nitrogens with one attached hydrogen (secondary N) is 2. The zero-order chi connectivity index (χ0) is 23.3. The number of carbonyl (C=O) groups is 3. The fourth-order valence-corrected chi connectivity index (χ4v) is 2.90. The predicted octanol–water partition coefficient (Wildman–Crippen LogP) is 4.01. The van der Waals surface area contributed by atoms with Gasteiger partial charge in [-0.15, -0.1) is 0 Å². The first-order valence-corrected chi connectivity index (χ1v) is 10.7. The van der Waals surface area contributed by atoms with Crippen LogP contribution in [0.5, 0.6) is 5.75 Å². The van der Waals surface area contributed by atoms with E-state index in [4.69, 9.17) is 9.84 Å². The van der Waals surface area contributed by atoms with Crippen LogP contribution in [0.1, 0.15) is 55.5 Å². The second-order valence-corrected chi connectivity index (χ2v) is 7.57. The van der Waals surface area contributed by atoms with Crippen LogP contribution in [0.2, 0.25) is 0 Å². The Bertz CT molecular complexity index is 921. The summed E-state index contributed by atoms with van der Waals surface area (Å²) in [5.74, 6) is -0.895. The molecule has 0 aliphatic heterocycles. The van der Waals surface area contributed by atoms with Crippen molar-refractivity contribution in [2.75, 3.05) is 6.54 Å². The molecule has 3 N–H and O–H groups in total. The summed E-state index contributed by atoms with van der Waals surface area (Å²) in [7, 11) is 0. The Hall–Kier alpha value is -3.61. The summed E-state index contributed by atoms with van der Waals surface area (Å²) in [4.78, 5) is 35.9. The van der Waals surface area contributed by atoms with E-state index < -0.39 is 11.9 Å². The molecule has 0 bridgehead atoms. The van der Waals surface area contributed by atoms with E-state index >= 15 is 0 Å². The predicted molar refractivity (Wildman–Crippen MR) is 123 cm³/mol. The Balaban J connectivity index is 2.08. The van der Waals surface area contributed by atoms with Crippen LogP contribution in [0.15, 0.2) is 60.3 Å². The number of carboxylic acids is 1. The molecule has 2 amide bonds. The summed E-state index contributed by atoms with van der Waals surface area (Å²) >= 11 is 0. The second kappa shape index (κ2) is 12.9. The Morgan fingerprint density at radius 3 is 2.28 bits per heavy atom. The van der Waals surface area contributed by atoms with Gasteiger partial charge in [0.1, 0.15) is 11.4 Å². The van der Waals surface area contributed by atoms with Crippen LogP contribution < -0.4 is 15.4 Å². The number of aliphatic carboxylic acids is 1. The first-order valence-electron chi connectivity index (χ1n) is 10.7. The van der Waals surface area contributed by atoms with Gasteiger partial charge in [0, 0.05) is 18.5 Å². The van der Waals surface area contributed by atoms with Crippen LogP contribution in [0, 0.1) is 0 Å². The van der Waals surface area contributed by atoms with E-state index in [-0.39, 0.29) is 24.1 Å². The van der Waals surface area contributed by atoms with E-state index in [1.165, 1.54) is 0 Å². The third-order valence-corrected chi connectivity index (χ3v) is 4.44. The largest absolute Gasteiger partial charge is 0.491 e. The standard InChI is InChI=1S/C25H30N2O5/c1-18(2)32-21-14-12-19(13-15-21)17-22(27-24(30)20-9-5-3-6-10-20)25(31)26-16-8-4-7-11-23(28)29/h3,5-6,9-10,12-15,17-18H,4,7-8,11,16H2,1-2H3,(H,26,31)(H,27,30)(H,28,29)/b22-17+. The molecule has 2 aromatic carbocycles. The Kier molecular flexibility index (Phi) is 9.97. The number of ether oxygens (including phenoxy) is 1. The van der Waals surface area contributed by atoms with E-state index in [9.17, 15) is 14.4 Å². The number of amides is 2. The minimum atomic E-state index is -0.826. The van der Waals surface area contributed by atoms with Crippen LogP contribution in [-0.4, -0.2) is 35.5 Å². The molecule has 0 unspecified atom stereocenters. The molecule has 0 aliphatic rings. The Labute approximate surface area is 188 Å². The molecule has 0 fully saturated rings. The maximum absolute atomic E-state index is 12.8. The zero-order valence-electron chi connectivity index (χ0n) is 18.5. The number of unbranched alkanes of at least 4 members (excludes halogenated alkanes) is 2. The summed E-state index contributed by atoms with van der Waals surface area (Å²) in [6.45, 7) is 4.27. The summed E-state index contributed by atoms with van der Waals surface area (Å²) < 4.78 is 5.64. The fraction of sp³-hybridized carbons (Fsp3) is 0.320. The molecule has 0 spiro atoms. The van der Waals surface area contributed by atoms with Crippen molar-refractivity contribution in [2.24, 2.45) is 0 Å². The summed E-state index contributed by atoms with van der Waals surface area (Å²) in [5, 5.41) is 14.2. The molecule has 7 heteroatoms. The van der Waals surface area contributed by atoms with Gasteiger partial charge in [0.15, 0.2) is 0 Å². The number of rotatable bonds is 12. The molecule has 170 valence electrons. The van der Waals surface area contributed by atoms with Crippen molar-refractivity contribution < 1.29 is 24.2 Å². The summed E-state index contributed by atoms with van der Waals surface area (Å²) in [6.07, 6.45) is 3.68. The zero-order valence-corrected chi connectivity index (χ0v) is 18.5. The van der Waals surface area contributed by atoms with Crippen LogP contribution >= 0.6 is 0 Å². The van der Waals surface area contributed by atoms with E-state index in [1.54, 1.807) is 30.3 Å². The lowest BCUT2D eigenvalue weighted by atomic mass is 10.1. The highest BCUT2D eigenvalue weighted by molar-refractivity contribution is 6.05. The number of hydrogen-bond donors (Lipinski definition) is 3.